The molecule has 15 heavy (non-hydrogen) atoms. The highest BCUT2D eigenvalue weighted by atomic mass is 19.1. The Labute approximate surface area is 86.0 Å². The highest BCUT2D eigenvalue weighted by Gasteiger charge is 1.95. The lowest BCUT2D eigenvalue weighted by atomic mass is 10.2. The van der Waals surface area contributed by atoms with Gasteiger partial charge in [0, 0.05) is 0 Å². The number of hydrogen-bond acceptors (Lipinski definition) is 3. The van der Waals surface area contributed by atoms with E-state index in [9.17, 15) is 9.18 Å². The number of benzene rings is 1. The molecule has 0 saturated carbocycles. The number of nitrogens with one attached hydrogen (secondary N) is 1. The lowest BCUT2D eigenvalue weighted by molar-refractivity contribution is -0.120. The molecule has 0 saturated heterocycles. The van der Waals surface area contributed by atoms with Gasteiger partial charge in [0.15, 0.2) is 0 Å². The Morgan fingerprint density at radius 3 is 2.80 bits per heavy atom. The third-order valence-electron chi connectivity index (χ3n) is 1.51. The molecule has 0 aromatic heterocycles. The van der Waals surface area contributed by atoms with Crippen LogP contribution < -0.4 is 5.43 Å². The summed E-state index contributed by atoms with van der Waals surface area (Å²) in [5, 5.41) is 11.8. The van der Waals surface area contributed by atoms with Crippen molar-refractivity contribution in [2.75, 3.05) is 0 Å². The third-order valence-corrected chi connectivity index (χ3v) is 1.51. The minimum atomic E-state index is -0.476. The van der Waals surface area contributed by atoms with E-state index in [1.54, 1.807) is 6.07 Å². The van der Waals surface area contributed by atoms with Crippen LogP contribution >= 0.6 is 0 Å². The van der Waals surface area contributed by atoms with Crippen LogP contribution in [0.2, 0.25) is 0 Å². The monoisotopic (exact) mass is 205 g/mol. The molecule has 0 spiro atoms. The average Bonchev–Trinajstić information content (AvgIpc) is 2.21. The first kappa shape index (κ1) is 10.9. The number of hydrazone groups is 1. The van der Waals surface area contributed by atoms with Crippen LogP contribution in [-0.4, -0.2) is 12.1 Å². The number of hydrogen-bond donors (Lipinski definition) is 1. The summed E-state index contributed by atoms with van der Waals surface area (Å²) in [7, 11) is 0. The van der Waals surface area contributed by atoms with Crippen molar-refractivity contribution >= 4 is 12.1 Å². The summed E-state index contributed by atoms with van der Waals surface area (Å²) in [5.41, 5.74) is 2.82. The van der Waals surface area contributed by atoms with Gasteiger partial charge in [0.1, 0.15) is 12.2 Å². The molecule has 0 radical (unpaired) electrons. The van der Waals surface area contributed by atoms with E-state index in [0.29, 0.717) is 5.56 Å². The van der Waals surface area contributed by atoms with Crippen molar-refractivity contribution in [3.63, 3.8) is 0 Å². The van der Waals surface area contributed by atoms with Crippen LogP contribution in [0.5, 0.6) is 0 Å². The number of rotatable bonds is 3. The number of nitriles is 1. The van der Waals surface area contributed by atoms with E-state index in [2.05, 4.69) is 10.5 Å². The molecule has 0 fully saturated rings. The normalized spacial score (nSPS) is 9.87. The van der Waals surface area contributed by atoms with Gasteiger partial charge in [-0.3, -0.25) is 4.79 Å². The highest BCUT2D eigenvalue weighted by Crippen LogP contribution is 1.99. The Kier molecular flexibility index (Phi) is 3.98. The minimum absolute atomic E-state index is 0.235. The van der Waals surface area contributed by atoms with E-state index in [4.69, 9.17) is 5.26 Å². The Balaban J connectivity index is 2.48. The fraction of sp³-hybridized carbons (Fsp3) is 0.100. The largest absolute Gasteiger partial charge is 0.272 e. The van der Waals surface area contributed by atoms with Crippen LogP contribution in [0.4, 0.5) is 4.39 Å². The van der Waals surface area contributed by atoms with E-state index >= 15 is 0 Å². The second-order valence-corrected chi connectivity index (χ2v) is 2.68. The molecule has 1 amide bonds. The molecule has 0 unspecified atom stereocenters. The molecule has 76 valence electrons. The zero-order chi connectivity index (χ0) is 11.1. The summed E-state index contributed by atoms with van der Waals surface area (Å²) < 4.78 is 12.5. The van der Waals surface area contributed by atoms with Gasteiger partial charge in [-0.25, -0.2) is 9.82 Å². The molecule has 0 aliphatic carbocycles. The lowest BCUT2D eigenvalue weighted by Crippen LogP contribution is -2.16. The first-order chi connectivity index (χ1) is 7.22. The van der Waals surface area contributed by atoms with E-state index in [0.717, 1.165) is 0 Å². The predicted octanol–water partition coefficient (Wildman–Crippen LogP) is 1.19. The van der Waals surface area contributed by atoms with Gasteiger partial charge in [-0.1, -0.05) is 12.1 Å². The molecule has 1 aromatic carbocycles. The smallest absolute Gasteiger partial charge is 0.254 e. The summed E-state index contributed by atoms with van der Waals surface area (Å²) in [6.07, 6.45) is 1.13. The van der Waals surface area contributed by atoms with Crippen molar-refractivity contribution in [3.05, 3.63) is 35.6 Å². The minimum Gasteiger partial charge on any atom is -0.272 e. The maximum Gasteiger partial charge on any atom is 0.254 e. The molecule has 0 aliphatic rings. The van der Waals surface area contributed by atoms with Crippen LogP contribution in [0.1, 0.15) is 12.0 Å². The number of halogens is 1. The molecular formula is C10H8FN3O. The summed E-state index contributed by atoms with van der Waals surface area (Å²) in [5.74, 6) is -0.809. The molecule has 0 aliphatic heterocycles. The quantitative estimate of drug-likeness (QED) is 0.595. The summed E-state index contributed by atoms with van der Waals surface area (Å²) >= 11 is 0. The Bertz CT molecular complexity index is 406. The van der Waals surface area contributed by atoms with Crippen molar-refractivity contribution in [2.24, 2.45) is 5.10 Å². The Morgan fingerprint density at radius 1 is 1.53 bits per heavy atom. The molecule has 5 heteroatoms. The Morgan fingerprint density at radius 2 is 2.20 bits per heavy atom. The highest BCUT2D eigenvalue weighted by molar-refractivity contribution is 5.82. The van der Waals surface area contributed by atoms with Gasteiger partial charge in [-0.2, -0.15) is 10.4 Å². The van der Waals surface area contributed by atoms with Crippen LogP contribution in [0.3, 0.4) is 0 Å². The lowest BCUT2D eigenvalue weighted by Gasteiger charge is -1.94. The van der Waals surface area contributed by atoms with Gasteiger partial charge < -0.3 is 0 Å². The van der Waals surface area contributed by atoms with Crippen molar-refractivity contribution < 1.29 is 9.18 Å². The molecule has 0 bridgehead atoms. The summed E-state index contributed by atoms with van der Waals surface area (Å²) in [6, 6.07) is 7.31. The maximum absolute atomic E-state index is 12.5. The zero-order valence-corrected chi connectivity index (χ0v) is 7.77. The van der Waals surface area contributed by atoms with Crippen LogP contribution in [0, 0.1) is 17.1 Å². The average molecular weight is 205 g/mol. The second-order valence-electron chi connectivity index (χ2n) is 2.68. The maximum atomic E-state index is 12.5. The van der Waals surface area contributed by atoms with E-state index in [1.165, 1.54) is 30.5 Å². The molecule has 0 atom stereocenters. The summed E-state index contributed by atoms with van der Waals surface area (Å²) in [6.45, 7) is 0. The van der Waals surface area contributed by atoms with Crippen LogP contribution in [-0.2, 0) is 4.79 Å². The SMILES string of the molecule is N#CCC(=O)NN=Cc1ccc(F)cc1. The van der Waals surface area contributed by atoms with E-state index < -0.39 is 5.91 Å². The van der Waals surface area contributed by atoms with Gasteiger partial charge in [-0.05, 0) is 17.7 Å². The standard InChI is InChI=1S/C10H8FN3O/c11-9-3-1-8(2-4-9)7-13-14-10(15)5-6-12/h1-4,7H,5H2,(H,14,15). The predicted molar refractivity (Wildman–Crippen MR) is 52.4 cm³/mol. The zero-order valence-electron chi connectivity index (χ0n) is 7.77. The molecule has 1 aromatic rings. The van der Waals surface area contributed by atoms with Crippen molar-refractivity contribution in [1.29, 1.82) is 5.26 Å². The third kappa shape index (κ3) is 4.00. The van der Waals surface area contributed by atoms with Crippen molar-refractivity contribution in [3.8, 4) is 6.07 Å². The van der Waals surface area contributed by atoms with E-state index in [-0.39, 0.29) is 12.2 Å². The van der Waals surface area contributed by atoms with Crippen LogP contribution in [0.25, 0.3) is 0 Å². The first-order valence-electron chi connectivity index (χ1n) is 4.17. The molecular weight excluding hydrogens is 197 g/mol. The molecule has 4 nitrogen and oxygen atoms in total. The van der Waals surface area contributed by atoms with Gasteiger partial charge >= 0.3 is 0 Å². The molecule has 1 N–H and O–H groups in total. The van der Waals surface area contributed by atoms with E-state index in [1.807, 2.05) is 0 Å². The van der Waals surface area contributed by atoms with Crippen molar-refractivity contribution in [2.45, 2.75) is 6.42 Å². The van der Waals surface area contributed by atoms with Crippen LogP contribution in [0.15, 0.2) is 29.4 Å². The van der Waals surface area contributed by atoms with Gasteiger partial charge in [0.2, 0.25) is 0 Å². The number of carbonyl (C=O) groups is 1. The number of nitrogens with zero attached hydrogens (tertiary/aromatic N) is 2. The summed E-state index contributed by atoms with van der Waals surface area (Å²) in [4.78, 5) is 10.8. The topological polar surface area (TPSA) is 65.2 Å². The van der Waals surface area contributed by atoms with Gasteiger partial charge in [0.25, 0.3) is 5.91 Å². The number of amides is 1. The molecule has 1 rings (SSSR count). The molecule has 0 heterocycles. The fourth-order valence-corrected chi connectivity index (χ4v) is 0.839. The Hall–Kier alpha value is -2.22. The number of carbonyl (C=O) groups excluding carboxylic acids is 1. The first-order valence-corrected chi connectivity index (χ1v) is 4.17. The van der Waals surface area contributed by atoms with Gasteiger partial charge in [0.05, 0.1) is 12.3 Å². The van der Waals surface area contributed by atoms with Gasteiger partial charge in [-0.15, -0.1) is 0 Å². The fourth-order valence-electron chi connectivity index (χ4n) is 0.839. The second kappa shape index (κ2) is 5.50. The van der Waals surface area contributed by atoms with Crippen molar-refractivity contribution in [1.82, 2.24) is 5.43 Å².